The first-order valence-electron chi connectivity index (χ1n) is 12.0. The van der Waals surface area contributed by atoms with E-state index in [2.05, 4.69) is 97.3 Å². The van der Waals surface area contributed by atoms with E-state index >= 15 is 0 Å². The first kappa shape index (κ1) is 25.8. The van der Waals surface area contributed by atoms with Crippen LogP contribution in [0, 0.1) is 22.7 Å². The Balaban J connectivity index is 2.67. The van der Waals surface area contributed by atoms with Crippen LogP contribution < -0.4 is 0 Å². The van der Waals surface area contributed by atoms with Crippen molar-refractivity contribution in [3.63, 3.8) is 0 Å². The van der Waals surface area contributed by atoms with Crippen molar-refractivity contribution in [2.24, 2.45) is 22.7 Å². The van der Waals surface area contributed by atoms with Gasteiger partial charge in [0.15, 0.2) is 0 Å². The molecule has 0 heterocycles. The van der Waals surface area contributed by atoms with Gasteiger partial charge in [-0.1, -0.05) is 104 Å². The van der Waals surface area contributed by atoms with E-state index < -0.39 is 0 Å². The molecule has 172 valence electrons. The average molecular weight is 480 g/mol. The summed E-state index contributed by atoms with van der Waals surface area (Å²) in [6.07, 6.45) is 6.12. The predicted octanol–water partition coefficient (Wildman–Crippen LogP) is 9.13. The molecule has 0 amide bonds. The van der Waals surface area contributed by atoms with Gasteiger partial charge in [-0.3, -0.25) is 0 Å². The van der Waals surface area contributed by atoms with Gasteiger partial charge in [-0.15, -0.1) is 0 Å². The zero-order valence-corrected chi connectivity index (χ0v) is 23.0. The molecule has 2 heteroatoms. The highest BCUT2D eigenvalue weighted by atomic mass is 79.9. The third-order valence-electron chi connectivity index (χ3n) is 7.86. The van der Waals surface area contributed by atoms with E-state index in [-0.39, 0.29) is 10.8 Å². The largest absolute Gasteiger partial charge is 0.507 e. The highest BCUT2D eigenvalue weighted by Crippen LogP contribution is 2.58. The molecule has 0 saturated heterocycles. The molecular formula is C28H47BrO. The van der Waals surface area contributed by atoms with Crippen LogP contribution in [-0.2, 0) is 16.2 Å². The van der Waals surface area contributed by atoms with Gasteiger partial charge in [-0.05, 0) is 64.7 Å². The highest BCUT2D eigenvalue weighted by Gasteiger charge is 2.49. The van der Waals surface area contributed by atoms with Crippen molar-refractivity contribution in [3.8, 4) is 5.75 Å². The molecule has 3 unspecified atom stereocenters. The quantitative estimate of drug-likeness (QED) is 0.418. The number of aromatic hydroxyl groups is 1. The third kappa shape index (κ3) is 5.45. The average Bonchev–Trinajstić information content (AvgIpc) is 2.58. The van der Waals surface area contributed by atoms with E-state index in [1.54, 1.807) is 0 Å². The van der Waals surface area contributed by atoms with Gasteiger partial charge in [0.25, 0.3) is 0 Å². The van der Waals surface area contributed by atoms with Gasteiger partial charge in [0.05, 0.1) is 0 Å². The molecule has 30 heavy (non-hydrogen) atoms. The summed E-state index contributed by atoms with van der Waals surface area (Å²) in [4.78, 5) is 0. The topological polar surface area (TPSA) is 20.2 Å². The zero-order valence-electron chi connectivity index (χ0n) is 21.4. The molecule has 1 fully saturated rings. The van der Waals surface area contributed by atoms with Crippen molar-refractivity contribution in [2.75, 3.05) is 0 Å². The molecule has 1 aromatic rings. The Morgan fingerprint density at radius 2 is 1.70 bits per heavy atom. The number of phenolic OH excluding ortho intramolecular Hbond substituents is 1. The monoisotopic (exact) mass is 478 g/mol. The summed E-state index contributed by atoms with van der Waals surface area (Å²) in [7, 11) is 0. The second-order valence-corrected chi connectivity index (χ2v) is 13.6. The number of phenols is 1. The van der Waals surface area contributed by atoms with Crippen LogP contribution in [0.1, 0.15) is 118 Å². The van der Waals surface area contributed by atoms with Gasteiger partial charge >= 0.3 is 0 Å². The zero-order chi connectivity index (χ0) is 23.1. The maximum atomic E-state index is 11.4. The van der Waals surface area contributed by atoms with Crippen LogP contribution in [0.25, 0.3) is 0 Å². The van der Waals surface area contributed by atoms with E-state index in [1.807, 2.05) is 0 Å². The smallest absolute Gasteiger partial charge is 0.123 e. The summed E-state index contributed by atoms with van der Waals surface area (Å²) in [5.74, 6) is 1.86. The van der Waals surface area contributed by atoms with E-state index in [9.17, 15) is 5.11 Å². The fourth-order valence-corrected chi connectivity index (χ4v) is 6.66. The maximum absolute atomic E-state index is 11.4. The van der Waals surface area contributed by atoms with E-state index in [0.29, 0.717) is 33.7 Å². The lowest BCUT2D eigenvalue weighted by Crippen LogP contribution is -2.45. The molecule has 1 aromatic carbocycles. The maximum Gasteiger partial charge on any atom is 0.123 e. The number of hydrogen-bond donors (Lipinski definition) is 1. The number of hydrogen-bond acceptors (Lipinski definition) is 1. The Labute approximate surface area is 195 Å². The molecule has 0 aromatic heterocycles. The van der Waals surface area contributed by atoms with Crippen LogP contribution in [0.2, 0.25) is 0 Å². The highest BCUT2D eigenvalue weighted by molar-refractivity contribution is 9.08. The second-order valence-electron chi connectivity index (χ2n) is 13.1. The van der Waals surface area contributed by atoms with Gasteiger partial charge in [-0.2, -0.15) is 0 Å². The summed E-state index contributed by atoms with van der Waals surface area (Å²) in [5.41, 5.74) is 4.27. The fourth-order valence-electron chi connectivity index (χ4n) is 6.23. The number of alkyl halides is 1. The molecule has 1 nitrogen and oxygen atoms in total. The van der Waals surface area contributed by atoms with Crippen LogP contribution in [0.5, 0.6) is 5.75 Å². The minimum atomic E-state index is -0.00326. The lowest BCUT2D eigenvalue weighted by Gasteiger charge is -2.53. The summed E-state index contributed by atoms with van der Waals surface area (Å²) in [6, 6.07) is 4.53. The van der Waals surface area contributed by atoms with Crippen molar-refractivity contribution in [1.29, 1.82) is 0 Å². The standard InChI is InChI=1S/C28H47BrO/c1-11-28(19(2)3)16-20(14-25(4,5)6)15-27(10,18-28)23-13-22(26(7,8)9)12-21(17-29)24(23)30/h12-13,19-20,30H,11,14-18H2,1-10H3. The van der Waals surface area contributed by atoms with Crippen LogP contribution >= 0.6 is 15.9 Å². The van der Waals surface area contributed by atoms with Crippen LogP contribution in [0.15, 0.2) is 12.1 Å². The minimum absolute atomic E-state index is 0.00326. The second kappa shape index (κ2) is 8.80. The van der Waals surface area contributed by atoms with Crippen LogP contribution in [-0.4, -0.2) is 5.11 Å². The number of rotatable bonds is 5. The molecule has 0 spiro atoms. The Bertz CT molecular complexity index is 736. The summed E-state index contributed by atoms with van der Waals surface area (Å²) in [6.45, 7) is 23.6. The lowest BCUT2D eigenvalue weighted by atomic mass is 9.51. The first-order chi connectivity index (χ1) is 13.6. The SMILES string of the molecule is CCC1(C(C)C)CC(CC(C)(C)C)CC(C)(c2cc(C(C)(C)C)cc(CBr)c2O)C1. The molecule has 1 aliphatic carbocycles. The van der Waals surface area contributed by atoms with Crippen molar-refractivity contribution < 1.29 is 5.11 Å². The summed E-state index contributed by atoms with van der Waals surface area (Å²) >= 11 is 3.64. The molecule has 3 atom stereocenters. The molecule has 1 saturated carbocycles. The predicted molar refractivity (Wildman–Crippen MR) is 136 cm³/mol. The normalized spacial score (nSPS) is 28.2. The van der Waals surface area contributed by atoms with Crippen LogP contribution in [0.4, 0.5) is 0 Å². The lowest BCUT2D eigenvalue weighted by molar-refractivity contribution is 0.0143. The Hall–Kier alpha value is -0.500. The molecule has 0 aliphatic heterocycles. The Kier molecular flexibility index (Phi) is 7.55. The van der Waals surface area contributed by atoms with Crippen molar-refractivity contribution in [2.45, 2.75) is 118 Å². The molecule has 0 radical (unpaired) electrons. The van der Waals surface area contributed by atoms with Crippen molar-refractivity contribution in [1.82, 2.24) is 0 Å². The number of halogens is 1. The van der Waals surface area contributed by atoms with E-state index in [1.165, 1.54) is 36.8 Å². The fraction of sp³-hybridized carbons (Fsp3) is 0.786. The Morgan fingerprint density at radius 1 is 1.10 bits per heavy atom. The molecule has 2 rings (SSSR count). The molecule has 0 bridgehead atoms. The van der Waals surface area contributed by atoms with Crippen molar-refractivity contribution in [3.05, 3.63) is 28.8 Å². The van der Waals surface area contributed by atoms with E-state index in [4.69, 9.17) is 0 Å². The van der Waals surface area contributed by atoms with Gasteiger partial charge in [-0.25, -0.2) is 0 Å². The minimum Gasteiger partial charge on any atom is -0.507 e. The van der Waals surface area contributed by atoms with Crippen molar-refractivity contribution >= 4 is 15.9 Å². The Morgan fingerprint density at radius 3 is 2.13 bits per heavy atom. The third-order valence-corrected chi connectivity index (χ3v) is 8.46. The van der Waals surface area contributed by atoms with Gasteiger partial charge in [0.1, 0.15) is 5.75 Å². The molecule has 1 aliphatic rings. The van der Waals surface area contributed by atoms with Gasteiger partial charge in [0.2, 0.25) is 0 Å². The van der Waals surface area contributed by atoms with Crippen LogP contribution in [0.3, 0.4) is 0 Å². The van der Waals surface area contributed by atoms with E-state index in [0.717, 1.165) is 12.0 Å². The summed E-state index contributed by atoms with van der Waals surface area (Å²) < 4.78 is 0. The summed E-state index contributed by atoms with van der Waals surface area (Å²) in [5, 5.41) is 12.1. The number of benzene rings is 1. The molecular weight excluding hydrogens is 432 g/mol. The first-order valence-corrected chi connectivity index (χ1v) is 13.1. The van der Waals surface area contributed by atoms with Gasteiger partial charge in [0, 0.05) is 16.5 Å². The molecule has 1 N–H and O–H groups in total. The van der Waals surface area contributed by atoms with Gasteiger partial charge < -0.3 is 5.11 Å².